The van der Waals surface area contributed by atoms with Crippen molar-refractivity contribution in [2.45, 2.75) is 32.2 Å². The van der Waals surface area contributed by atoms with E-state index in [-0.39, 0.29) is 0 Å². The lowest BCUT2D eigenvalue weighted by Gasteiger charge is -2.32. The van der Waals surface area contributed by atoms with E-state index in [0.717, 1.165) is 31.1 Å². The Morgan fingerprint density at radius 2 is 2.30 bits per heavy atom. The molecule has 0 radical (unpaired) electrons. The molecule has 0 spiro atoms. The van der Waals surface area contributed by atoms with Crippen molar-refractivity contribution in [3.05, 3.63) is 23.8 Å². The number of hydrogen-bond donors (Lipinski definition) is 1. The predicted octanol–water partition coefficient (Wildman–Crippen LogP) is 2.54. The summed E-state index contributed by atoms with van der Waals surface area (Å²) in [6, 6.07) is 8.44. The number of piperidine rings is 1. The van der Waals surface area contributed by atoms with E-state index in [4.69, 9.17) is 4.74 Å². The van der Waals surface area contributed by atoms with Crippen molar-refractivity contribution in [3.8, 4) is 11.8 Å². The van der Waals surface area contributed by atoms with Crippen LogP contribution >= 0.6 is 0 Å². The molecule has 0 saturated carbocycles. The molecule has 108 valence electrons. The van der Waals surface area contributed by atoms with E-state index in [9.17, 15) is 5.26 Å². The van der Waals surface area contributed by atoms with E-state index in [0.29, 0.717) is 11.6 Å². The average molecular weight is 273 g/mol. The number of nitrogens with one attached hydrogen (secondary N) is 1. The molecule has 1 N–H and O–H groups in total. The third-order valence-electron chi connectivity index (χ3n) is 3.90. The lowest BCUT2D eigenvalue weighted by Crippen LogP contribution is -2.44. The van der Waals surface area contributed by atoms with E-state index in [1.54, 1.807) is 7.11 Å². The van der Waals surface area contributed by atoms with Gasteiger partial charge in [-0.3, -0.25) is 0 Å². The van der Waals surface area contributed by atoms with Gasteiger partial charge in [0.2, 0.25) is 0 Å². The molecule has 1 atom stereocenters. The number of nitrogens with zero attached hydrogens (tertiary/aromatic N) is 2. The molecular formula is C16H23N3O. The minimum absolute atomic E-state index is 0.515. The third-order valence-corrected chi connectivity index (χ3v) is 3.90. The molecule has 1 aromatic rings. The van der Waals surface area contributed by atoms with Crippen LogP contribution in [0.15, 0.2) is 18.2 Å². The van der Waals surface area contributed by atoms with Crippen molar-refractivity contribution in [2.24, 2.45) is 0 Å². The first-order valence-electron chi connectivity index (χ1n) is 7.35. The first kappa shape index (κ1) is 14.7. The number of anilines is 1. The quantitative estimate of drug-likeness (QED) is 0.895. The van der Waals surface area contributed by atoms with Crippen LogP contribution in [0.4, 0.5) is 5.69 Å². The van der Waals surface area contributed by atoms with Gasteiger partial charge < -0.3 is 15.0 Å². The smallest absolute Gasteiger partial charge is 0.121 e. The van der Waals surface area contributed by atoms with Crippen molar-refractivity contribution in [1.82, 2.24) is 5.32 Å². The molecule has 1 saturated heterocycles. The summed E-state index contributed by atoms with van der Waals surface area (Å²) in [5.41, 5.74) is 1.69. The van der Waals surface area contributed by atoms with E-state index in [1.807, 2.05) is 18.2 Å². The number of rotatable bonds is 5. The van der Waals surface area contributed by atoms with Crippen molar-refractivity contribution >= 4 is 5.69 Å². The summed E-state index contributed by atoms with van der Waals surface area (Å²) < 4.78 is 5.29. The Morgan fingerprint density at radius 1 is 1.45 bits per heavy atom. The summed E-state index contributed by atoms with van der Waals surface area (Å²) in [6.07, 6.45) is 3.77. The highest BCUT2D eigenvalue weighted by Gasteiger charge is 2.18. The monoisotopic (exact) mass is 273 g/mol. The van der Waals surface area contributed by atoms with Crippen LogP contribution in [0.2, 0.25) is 0 Å². The lowest BCUT2D eigenvalue weighted by molar-refractivity contribution is 0.399. The fourth-order valence-electron chi connectivity index (χ4n) is 2.74. The Labute approximate surface area is 121 Å². The van der Waals surface area contributed by atoms with E-state index >= 15 is 0 Å². The molecule has 1 aliphatic heterocycles. The van der Waals surface area contributed by atoms with Gasteiger partial charge in [0.15, 0.2) is 0 Å². The molecule has 2 rings (SSSR count). The highest BCUT2D eigenvalue weighted by Crippen LogP contribution is 2.26. The van der Waals surface area contributed by atoms with Crippen molar-refractivity contribution in [2.75, 3.05) is 31.6 Å². The minimum Gasteiger partial charge on any atom is -0.497 e. The molecule has 1 aromatic carbocycles. The molecule has 20 heavy (non-hydrogen) atoms. The summed E-state index contributed by atoms with van der Waals surface area (Å²) in [5, 5.41) is 12.9. The summed E-state index contributed by atoms with van der Waals surface area (Å²) in [7, 11) is 1.66. The van der Waals surface area contributed by atoms with Gasteiger partial charge in [-0.25, -0.2) is 0 Å². The highest BCUT2D eigenvalue weighted by molar-refractivity contribution is 5.62. The Bertz CT molecular complexity index is 475. The molecule has 1 aliphatic rings. The van der Waals surface area contributed by atoms with Crippen LogP contribution in [0.25, 0.3) is 0 Å². The second kappa shape index (κ2) is 7.16. The number of hydrogen-bond acceptors (Lipinski definition) is 4. The molecule has 0 bridgehead atoms. The van der Waals surface area contributed by atoms with Crippen molar-refractivity contribution in [3.63, 3.8) is 0 Å². The van der Waals surface area contributed by atoms with Gasteiger partial charge in [0.1, 0.15) is 11.8 Å². The molecule has 1 unspecified atom stereocenters. The maximum absolute atomic E-state index is 9.30. The van der Waals surface area contributed by atoms with Gasteiger partial charge >= 0.3 is 0 Å². The van der Waals surface area contributed by atoms with Gasteiger partial charge in [0.25, 0.3) is 0 Å². The van der Waals surface area contributed by atoms with Crippen LogP contribution in [0.5, 0.6) is 5.75 Å². The zero-order valence-electron chi connectivity index (χ0n) is 12.4. The van der Waals surface area contributed by atoms with Crippen LogP contribution in [0, 0.1) is 11.3 Å². The first-order chi connectivity index (χ1) is 9.78. The summed E-state index contributed by atoms with van der Waals surface area (Å²) in [6.45, 7) is 5.06. The molecule has 4 nitrogen and oxygen atoms in total. The zero-order valence-corrected chi connectivity index (χ0v) is 12.4. The van der Waals surface area contributed by atoms with Gasteiger partial charge in [-0.05, 0) is 38.4 Å². The first-order valence-corrected chi connectivity index (χ1v) is 7.35. The number of nitriles is 1. The van der Waals surface area contributed by atoms with E-state index < -0.39 is 0 Å². The van der Waals surface area contributed by atoms with Crippen LogP contribution in [0.3, 0.4) is 0 Å². The highest BCUT2D eigenvalue weighted by atomic mass is 16.5. The number of benzene rings is 1. The number of ether oxygens (including phenoxy) is 1. The van der Waals surface area contributed by atoms with E-state index in [2.05, 4.69) is 23.2 Å². The van der Waals surface area contributed by atoms with Gasteiger partial charge in [0, 0.05) is 25.2 Å². The standard InChI is InChI=1S/C16H23N3O/c1-3-19(12-14-6-4-5-9-18-14)16-10-15(20-2)8-7-13(16)11-17/h7-8,10,14,18H,3-6,9,12H2,1-2H3. The van der Waals surface area contributed by atoms with Crippen LogP contribution in [0.1, 0.15) is 31.7 Å². The molecule has 4 heteroatoms. The van der Waals surface area contributed by atoms with Crippen molar-refractivity contribution < 1.29 is 4.74 Å². The van der Waals surface area contributed by atoms with Crippen LogP contribution < -0.4 is 15.0 Å². The summed E-state index contributed by atoms with van der Waals surface area (Å²) >= 11 is 0. The third kappa shape index (κ3) is 3.43. The predicted molar refractivity (Wildman–Crippen MR) is 81.2 cm³/mol. The molecule has 1 heterocycles. The number of methoxy groups -OCH3 is 1. The Balaban J connectivity index is 2.19. The van der Waals surface area contributed by atoms with Gasteiger partial charge in [-0.15, -0.1) is 0 Å². The van der Waals surface area contributed by atoms with Crippen LogP contribution in [-0.2, 0) is 0 Å². The largest absolute Gasteiger partial charge is 0.497 e. The second-order valence-electron chi connectivity index (χ2n) is 5.18. The minimum atomic E-state index is 0.515. The van der Waals surface area contributed by atoms with Crippen LogP contribution in [-0.4, -0.2) is 32.8 Å². The van der Waals surface area contributed by atoms with Gasteiger partial charge in [-0.1, -0.05) is 6.42 Å². The SMILES string of the molecule is CCN(CC1CCCCN1)c1cc(OC)ccc1C#N. The van der Waals surface area contributed by atoms with E-state index in [1.165, 1.54) is 19.3 Å². The fourth-order valence-corrected chi connectivity index (χ4v) is 2.74. The molecular weight excluding hydrogens is 250 g/mol. The second-order valence-corrected chi connectivity index (χ2v) is 5.18. The summed E-state index contributed by atoms with van der Waals surface area (Å²) in [4.78, 5) is 2.27. The normalized spacial score (nSPS) is 18.4. The molecule has 0 aliphatic carbocycles. The molecule has 1 fully saturated rings. The maximum atomic E-state index is 9.30. The van der Waals surface area contributed by atoms with Gasteiger partial charge in [-0.2, -0.15) is 5.26 Å². The Hall–Kier alpha value is -1.73. The maximum Gasteiger partial charge on any atom is 0.121 e. The van der Waals surface area contributed by atoms with Gasteiger partial charge in [0.05, 0.1) is 18.4 Å². The Morgan fingerprint density at radius 3 is 2.90 bits per heavy atom. The lowest BCUT2D eigenvalue weighted by atomic mass is 10.0. The topological polar surface area (TPSA) is 48.3 Å². The molecule has 0 amide bonds. The average Bonchev–Trinajstić information content (AvgIpc) is 2.53. The zero-order chi connectivity index (χ0) is 14.4. The van der Waals surface area contributed by atoms with Crippen molar-refractivity contribution in [1.29, 1.82) is 5.26 Å². The number of likely N-dealkylation sites (N-methyl/N-ethyl adjacent to an activating group) is 1. The molecule has 0 aromatic heterocycles. The summed E-state index contributed by atoms with van der Waals surface area (Å²) in [5.74, 6) is 0.800. The fraction of sp³-hybridized carbons (Fsp3) is 0.562. The Kier molecular flexibility index (Phi) is 5.25.